The van der Waals surface area contributed by atoms with Crippen molar-refractivity contribution in [3.8, 4) is 0 Å². The predicted molar refractivity (Wildman–Crippen MR) is 81.5 cm³/mol. The van der Waals surface area contributed by atoms with Crippen LogP contribution in [0.15, 0.2) is 24.3 Å². The molecule has 7 heteroatoms. The fraction of sp³-hybridized carbons (Fsp3) is 0.375. The molecule has 7 nitrogen and oxygen atoms in total. The van der Waals surface area contributed by atoms with E-state index in [2.05, 4.69) is 10.1 Å². The van der Waals surface area contributed by atoms with E-state index >= 15 is 0 Å². The van der Waals surface area contributed by atoms with E-state index in [4.69, 9.17) is 0 Å². The number of methoxy groups -OCH3 is 1. The Morgan fingerprint density at radius 2 is 1.83 bits per heavy atom. The predicted octanol–water partition coefficient (Wildman–Crippen LogP) is 1.20. The highest BCUT2D eigenvalue weighted by Crippen LogP contribution is 2.31. The van der Waals surface area contributed by atoms with Crippen LogP contribution in [-0.2, 0) is 19.1 Å². The molecule has 1 aliphatic rings. The number of hydrogen-bond donors (Lipinski definition) is 1. The summed E-state index contributed by atoms with van der Waals surface area (Å²) in [6.07, 6.45) is 0.104. The van der Waals surface area contributed by atoms with Gasteiger partial charge in [-0.3, -0.25) is 19.3 Å². The molecule has 0 aromatic heterocycles. The zero-order valence-corrected chi connectivity index (χ0v) is 13.2. The normalized spacial score (nSPS) is 16.4. The lowest BCUT2D eigenvalue weighted by Crippen LogP contribution is -2.39. The third-order valence-electron chi connectivity index (χ3n) is 3.61. The van der Waals surface area contributed by atoms with Gasteiger partial charge >= 0.3 is 5.97 Å². The van der Waals surface area contributed by atoms with Crippen molar-refractivity contribution >= 4 is 29.4 Å². The van der Waals surface area contributed by atoms with E-state index in [-0.39, 0.29) is 24.8 Å². The van der Waals surface area contributed by atoms with E-state index in [9.17, 15) is 19.2 Å². The summed E-state index contributed by atoms with van der Waals surface area (Å²) in [4.78, 5) is 48.2. The molecule has 0 radical (unpaired) electrons. The van der Waals surface area contributed by atoms with Crippen molar-refractivity contribution in [3.63, 3.8) is 0 Å². The smallest absolute Gasteiger partial charge is 0.337 e. The van der Waals surface area contributed by atoms with Crippen LogP contribution in [0.2, 0.25) is 0 Å². The second-order valence-corrected chi connectivity index (χ2v) is 5.96. The monoisotopic (exact) mass is 318 g/mol. The molecule has 0 saturated carbocycles. The van der Waals surface area contributed by atoms with E-state index in [1.165, 1.54) is 19.2 Å². The number of ether oxygens (including phenoxy) is 1. The van der Waals surface area contributed by atoms with Crippen LogP contribution in [0.25, 0.3) is 0 Å². The van der Waals surface area contributed by atoms with Crippen LogP contribution < -0.4 is 5.32 Å². The molecule has 1 aromatic rings. The highest BCUT2D eigenvalue weighted by Gasteiger charge is 2.45. The van der Waals surface area contributed by atoms with Gasteiger partial charge in [0.2, 0.25) is 17.7 Å². The van der Waals surface area contributed by atoms with Crippen molar-refractivity contribution in [3.05, 3.63) is 29.8 Å². The van der Waals surface area contributed by atoms with Crippen LogP contribution in [0.3, 0.4) is 0 Å². The Morgan fingerprint density at radius 1 is 1.22 bits per heavy atom. The van der Waals surface area contributed by atoms with Gasteiger partial charge in [0.25, 0.3) is 0 Å². The Hall–Kier alpha value is -2.70. The van der Waals surface area contributed by atoms with E-state index in [0.29, 0.717) is 11.3 Å². The number of esters is 1. The van der Waals surface area contributed by atoms with Crippen molar-refractivity contribution in [2.75, 3.05) is 19.0 Å². The molecule has 1 aromatic carbocycles. The summed E-state index contributed by atoms with van der Waals surface area (Å²) in [6, 6.07) is 6.11. The number of carbonyl (C=O) groups excluding carboxylic acids is 4. The van der Waals surface area contributed by atoms with Gasteiger partial charge in [-0.15, -0.1) is 0 Å². The second kappa shape index (κ2) is 6.20. The van der Waals surface area contributed by atoms with Crippen molar-refractivity contribution in [2.45, 2.75) is 20.3 Å². The Bertz CT molecular complexity index is 664. The molecule has 0 aliphatic carbocycles. The second-order valence-electron chi connectivity index (χ2n) is 5.96. The number of imide groups is 1. The number of rotatable bonds is 4. The van der Waals surface area contributed by atoms with Gasteiger partial charge in [-0.25, -0.2) is 4.79 Å². The summed E-state index contributed by atoms with van der Waals surface area (Å²) >= 11 is 0. The maximum absolute atomic E-state index is 12.1. The SMILES string of the molecule is COC(=O)c1ccc(NC(=O)CN2C(=O)CC(C)(C)C2=O)cc1. The largest absolute Gasteiger partial charge is 0.465 e. The summed E-state index contributed by atoms with van der Waals surface area (Å²) in [6.45, 7) is 3.03. The Balaban J connectivity index is 1.99. The highest BCUT2D eigenvalue weighted by molar-refractivity contribution is 6.08. The molecule has 1 N–H and O–H groups in total. The summed E-state index contributed by atoms with van der Waals surface area (Å²) in [5.74, 6) is -1.65. The molecule has 0 bridgehead atoms. The van der Waals surface area contributed by atoms with Gasteiger partial charge in [0.1, 0.15) is 6.54 Å². The number of nitrogens with one attached hydrogen (secondary N) is 1. The van der Waals surface area contributed by atoms with Crippen molar-refractivity contribution in [1.82, 2.24) is 4.90 Å². The van der Waals surface area contributed by atoms with Gasteiger partial charge in [-0.05, 0) is 24.3 Å². The maximum Gasteiger partial charge on any atom is 0.337 e. The molecule has 2 rings (SSSR count). The summed E-state index contributed by atoms with van der Waals surface area (Å²) in [5, 5.41) is 2.58. The molecule has 0 atom stereocenters. The molecule has 1 aliphatic heterocycles. The Labute approximate surface area is 133 Å². The summed E-state index contributed by atoms with van der Waals surface area (Å²) in [5.41, 5.74) is 0.0534. The number of nitrogens with zero attached hydrogens (tertiary/aromatic N) is 1. The highest BCUT2D eigenvalue weighted by atomic mass is 16.5. The average Bonchev–Trinajstić information content (AvgIpc) is 2.69. The van der Waals surface area contributed by atoms with E-state index < -0.39 is 17.3 Å². The lowest BCUT2D eigenvalue weighted by Gasteiger charge is -2.17. The average molecular weight is 318 g/mol. The third-order valence-corrected chi connectivity index (χ3v) is 3.61. The number of anilines is 1. The number of carbonyl (C=O) groups is 4. The maximum atomic E-state index is 12.1. The lowest BCUT2D eigenvalue weighted by molar-refractivity contribution is -0.143. The molecular weight excluding hydrogens is 300 g/mol. The topological polar surface area (TPSA) is 92.8 Å². The zero-order valence-electron chi connectivity index (χ0n) is 13.2. The van der Waals surface area contributed by atoms with Gasteiger partial charge in [0.15, 0.2) is 0 Å². The molecule has 1 fully saturated rings. The molecule has 0 unspecified atom stereocenters. The first-order valence-electron chi connectivity index (χ1n) is 7.07. The number of hydrogen-bond acceptors (Lipinski definition) is 5. The molecule has 23 heavy (non-hydrogen) atoms. The molecule has 0 spiro atoms. The van der Waals surface area contributed by atoms with Crippen LogP contribution in [0, 0.1) is 5.41 Å². The molecule has 1 saturated heterocycles. The fourth-order valence-electron chi connectivity index (χ4n) is 2.34. The first-order chi connectivity index (χ1) is 10.7. The quantitative estimate of drug-likeness (QED) is 0.665. The van der Waals surface area contributed by atoms with Gasteiger partial charge < -0.3 is 10.1 Å². The first kappa shape index (κ1) is 16.7. The Morgan fingerprint density at radius 3 is 2.30 bits per heavy atom. The zero-order chi connectivity index (χ0) is 17.2. The minimum Gasteiger partial charge on any atom is -0.465 e. The van der Waals surface area contributed by atoms with Crippen LogP contribution in [0.1, 0.15) is 30.6 Å². The summed E-state index contributed by atoms with van der Waals surface area (Å²) in [7, 11) is 1.28. The Kier molecular flexibility index (Phi) is 4.49. The van der Waals surface area contributed by atoms with E-state index in [1.807, 2.05) is 0 Å². The van der Waals surface area contributed by atoms with Crippen LogP contribution in [0.5, 0.6) is 0 Å². The number of amides is 3. The van der Waals surface area contributed by atoms with Gasteiger partial charge in [0, 0.05) is 12.1 Å². The van der Waals surface area contributed by atoms with Crippen LogP contribution in [0.4, 0.5) is 5.69 Å². The molecule has 122 valence electrons. The van der Waals surface area contributed by atoms with Crippen molar-refractivity contribution in [1.29, 1.82) is 0 Å². The molecule has 3 amide bonds. The minimum atomic E-state index is -0.764. The minimum absolute atomic E-state index is 0.104. The van der Waals surface area contributed by atoms with E-state index in [0.717, 1.165) is 4.90 Å². The van der Waals surface area contributed by atoms with Gasteiger partial charge in [-0.1, -0.05) is 13.8 Å². The molecular formula is C16H18N2O5. The number of benzene rings is 1. The van der Waals surface area contributed by atoms with Crippen LogP contribution >= 0.6 is 0 Å². The number of likely N-dealkylation sites (tertiary alicyclic amines) is 1. The van der Waals surface area contributed by atoms with Crippen LogP contribution in [-0.4, -0.2) is 42.2 Å². The van der Waals surface area contributed by atoms with Gasteiger partial charge in [0.05, 0.1) is 18.1 Å². The third kappa shape index (κ3) is 3.56. The first-order valence-corrected chi connectivity index (χ1v) is 7.07. The van der Waals surface area contributed by atoms with Crippen molar-refractivity contribution < 1.29 is 23.9 Å². The lowest BCUT2D eigenvalue weighted by atomic mass is 9.92. The fourth-order valence-corrected chi connectivity index (χ4v) is 2.34. The summed E-state index contributed by atoms with van der Waals surface area (Å²) < 4.78 is 4.58. The molecule has 1 heterocycles. The van der Waals surface area contributed by atoms with Crippen molar-refractivity contribution in [2.24, 2.45) is 5.41 Å². The van der Waals surface area contributed by atoms with Gasteiger partial charge in [-0.2, -0.15) is 0 Å². The standard InChI is InChI=1S/C16H18N2O5/c1-16(2)8-13(20)18(15(16)22)9-12(19)17-11-6-4-10(5-7-11)14(21)23-3/h4-7H,8-9H2,1-3H3,(H,17,19). The van der Waals surface area contributed by atoms with E-state index in [1.54, 1.807) is 26.0 Å².